The van der Waals surface area contributed by atoms with Crippen molar-refractivity contribution in [2.24, 2.45) is 0 Å². The van der Waals surface area contributed by atoms with Crippen molar-refractivity contribution in [3.8, 4) is 0 Å². The van der Waals surface area contributed by atoms with Gasteiger partial charge in [-0.15, -0.1) is 0 Å². The van der Waals surface area contributed by atoms with Gasteiger partial charge in [-0.2, -0.15) is 0 Å². The third-order valence-corrected chi connectivity index (χ3v) is 3.30. The maximum absolute atomic E-state index is 12.1. The minimum absolute atomic E-state index is 0.171. The number of benzene rings is 2. The highest BCUT2D eigenvalue weighted by Crippen LogP contribution is 2.26. The normalized spacial score (nSPS) is 11.2. The molecule has 2 aromatic rings. The highest BCUT2D eigenvalue weighted by atomic mass is 32.2. The first-order valence-corrected chi connectivity index (χ1v) is 6.30. The molecule has 0 aromatic heterocycles. The van der Waals surface area contributed by atoms with Gasteiger partial charge in [0.2, 0.25) is 5.12 Å². The lowest BCUT2D eigenvalue weighted by Gasteiger charge is -2.04. The molecule has 0 spiro atoms. The molecule has 0 aliphatic rings. The first-order chi connectivity index (χ1) is 8.81. The molecule has 2 nitrogen and oxygen atoms in total. The van der Waals surface area contributed by atoms with Crippen LogP contribution in [0.25, 0.3) is 5.57 Å². The van der Waals surface area contributed by atoms with Crippen molar-refractivity contribution >= 4 is 22.5 Å². The minimum atomic E-state index is -0.171. The highest BCUT2D eigenvalue weighted by Gasteiger charge is 2.13. The van der Waals surface area contributed by atoms with E-state index in [4.69, 9.17) is 0 Å². The molecule has 2 rings (SSSR count). The zero-order chi connectivity index (χ0) is 12.8. The Labute approximate surface area is 110 Å². The lowest BCUT2D eigenvalue weighted by Crippen LogP contribution is -1.96. The van der Waals surface area contributed by atoms with Crippen molar-refractivity contribution < 1.29 is 9.90 Å². The molecule has 0 amide bonds. The Morgan fingerprint density at radius 3 is 2.06 bits per heavy atom. The zero-order valence-electron chi connectivity index (χ0n) is 9.61. The van der Waals surface area contributed by atoms with Crippen molar-refractivity contribution in [2.75, 3.05) is 0 Å². The number of rotatable bonds is 3. The number of carbonyl (C=O) groups is 1. The number of aliphatic hydroxyl groups excluding tert-OH is 1. The maximum Gasteiger partial charge on any atom is 0.227 e. The number of carbonyl (C=O) groups excluding carboxylic acids is 1. The van der Waals surface area contributed by atoms with Gasteiger partial charge in [-0.05, 0) is 29.5 Å². The zero-order valence-corrected chi connectivity index (χ0v) is 10.4. The van der Waals surface area contributed by atoms with Crippen LogP contribution < -0.4 is 0 Å². The van der Waals surface area contributed by atoms with Crippen LogP contribution in [0.2, 0.25) is 0 Å². The van der Waals surface area contributed by atoms with E-state index in [0.717, 1.165) is 22.9 Å². The Kier molecular flexibility index (Phi) is 4.20. The molecule has 1 N–H and O–H groups in total. The van der Waals surface area contributed by atoms with Gasteiger partial charge in [0.15, 0.2) is 0 Å². The summed E-state index contributed by atoms with van der Waals surface area (Å²) in [7, 11) is 0. The summed E-state index contributed by atoms with van der Waals surface area (Å²) in [5, 5.41) is 9.06. The third kappa shape index (κ3) is 3.02. The molecule has 0 saturated carbocycles. The van der Waals surface area contributed by atoms with Gasteiger partial charge in [-0.1, -0.05) is 48.5 Å². The summed E-state index contributed by atoms with van der Waals surface area (Å²) < 4.78 is 0. The van der Waals surface area contributed by atoms with Crippen molar-refractivity contribution in [3.05, 3.63) is 72.5 Å². The molecule has 0 aliphatic heterocycles. The van der Waals surface area contributed by atoms with E-state index in [-0.39, 0.29) is 5.12 Å². The topological polar surface area (TPSA) is 37.3 Å². The lowest BCUT2D eigenvalue weighted by atomic mass is 10.1. The van der Waals surface area contributed by atoms with E-state index < -0.39 is 0 Å². The molecule has 18 heavy (non-hydrogen) atoms. The number of aliphatic hydroxyl groups is 1. The largest absolute Gasteiger partial charge is 0.515 e. The fourth-order valence-corrected chi connectivity index (χ4v) is 2.30. The monoisotopic (exact) mass is 256 g/mol. The molecule has 0 unspecified atom stereocenters. The van der Waals surface area contributed by atoms with Crippen LogP contribution >= 0.6 is 11.8 Å². The maximum atomic E-state index is 12.1. The van der Waals surface area contributed by atoms with Crippen LogP contribution in [0.4, 0.5) is 0 Å². The van der Waals surface area contributed by atoms with Crippen LogP contribution in [0, 0.1) is 0 Å². The van der Waals surface area contributed by atoms with Crippen LogP contribution in [0.1, 0.15) is 5.56 Å². The predicted octanol–water partition coefficient (Wildman–Crippen LogP) is 3.90. The van der Waals surface area contributed by atoms with Gasteiger partial charge in [-0.25, -0.2) is 0 Å². The van der Waals surface area contributed by atoms with Crippen molar-refractivity contribution in [3.63, 3.8) is 0 Å². The molecular weight excluding hydrogens is 244 g/mol. The first kappa shape index (κ1) is 12.5. The molecule has 0 atom stereocenters. The van der Waals surface area contributed by atoms with E-state index in [9.17, 15) is 9.90 Å². The van der Waals surface area contributed by atoms with Gasteiger partial charge in [0.05, 0.1) is 11.8 Å². The van der Waals surface area contributed by atoms with Crippen molar-refractivity contribution in [2.45, 2.75) is 4.90 Å². The molecule has 0 aliphatic carbocycles. The summed E-state index contributed by atoms with van der Waals surface area (Å²) >= 11 is 1.10. The van der Waals surface area contributed by atoms with Crippen molar-refractivity contribution in [1.29, 1.82) is 0 Å². The van der Waals surface area contributed by atoms with Gasteiger partial charge < -0.3 is 5.11 Å². The molecular formula is C15H12O2S. The first-order valence-electron chi connectivity index (χ1n) is 5.48. The second kappa shape index (κ2) is 6.07. The molecule has 0 saturated heterocycles. The second-order valence-electron chi connectivity index (χ2n) is 3.61. The summed E-state index contributed by atoms with van der Waals surface area (Å²) in [6.07, 6.45) is 0.869. The average Bonchev–Trinajstić information content (AvgIpc) is 2.42. The van der Waals surface area contributed by atoms with Crippen molar-refractivity contribution in [1.82, 2.24) is 0 Å². The molecule has 3 heteroatoms. The number of hydrogen-bond donors (Lipinski definition) is 1. The van der Waals surface area contributed by atoms with E-state index in [1.54, 1.807) is 12.1 Å². The Hall–Kier alpha value is -2.00. The Balaban J connectivity index is 2.18. The molecule has 0 fully saturated rings. The van der Waals surface area contributed by atoms with Gasteiger partial charge in [0, 0.05) is 4.90 Å². The van der Waals surface area contributed by atoms with E-state index in [2.05, 4.69) is 0 Å². The average molecular weight is 256 g/mol. The Bertz CT molecular complexity index is 547. The fraction of sp³-hybridized carbons (Fsp3) is 0. The third-order valence-electron chi connectivity index (χ3n) is 2.39. The number of thioether (sulfide) groups is 1. The van der Waals surface area contributed by atoms with E-state index >= 15 is 0 Å². The SMILES string of the molecule is O=C(Sc1ccccc1)/C(=C\O)c1ccccc1. The Morgan fingerprint density at radius 2 is 1.50 bits per heavy atom. The number of hydrogen-bond acceptors (Lipinski definition) is 3. The van der Waals surface area contributed by atoms with Gasteiger partial charge >= 0.3 is 0 Å². The fourth-order valence-electron chi connectivity index (χ4n) is 1.51. The van der Waals surface area contributed by atoms with Crippen LogP contribution in [-0.2, 0) is 4.79 Å². The van der Waals surface area contributed by atoms with Gasteiger partial charge in [0.25, 0.3) is 0 Å². The lowest BCUT2D eigenvalue weighted by molar-refractivity contribution is -0.106. The van der Waals surface area contributed by atoms with Crippen LogP contribution in [0.3, 0.4) is 0 Å². The summed E-state index contributed by atoms with van der Waals surface area (Å²) in [5.74, 6) is 0. The summed E-state index contributed by atoms with van der Waals surface area (Å²) in [6, 6.07) is 18.5. The second-order valence-corrected chi connectivity index (χ2v) is 4.66. The summed E-state index contributed by atoms with van der Waals surface area (Å²) in [4.78, 5) is 12.9. The minimum Gasteiger partial charge on any atom is -0.515 e. The summed E-state index contributed by atoms with van der Waals surface area (Å²) in [6.45, 7) is 0. The standard InChI is InChI=1S/C15H12O2S/c16-11-14(12-7-3-1-4-8-12)15(17)18-13-9-5-2-6-10-13/h1-11,16H/b14-11-. The molecule has 2 aromatic carbocycles. The summed E-state index contributed by atoms with van der Waals surface area (Å²) in [5.41, 5.74) is 1.03. The molecule has 90 valence electrons. The van der Waals surface area contributed by atoms with Crippen LogP contribution in [-0.4, -0.2) is 10.2 Å². The predicted molar refractivity (Wildman–Crippen MR) is 74.4 cm³/mol. The molecule has 0 heterocycles. The van der Waals surface area contributed by atoms with E-state index in [1.807, 2.05) is 48.5 Å². The molecule has 0 bridgehead atoms. The highest BCUT2D eigenvalue weighted by molar-refractivity contribution is 8.14. The van der Waals surface area contributed by atoms with Gasteiger partial charge in [0.1, 0.15) is 0 Å². The Morgan fingerprint density at radius 1 is 0.944 bits per heavy atom. The van der Waals surface area contributed by atoms with E-state index in [1.165, 1.54) is 0 Å². The smallest absolute Gasteiger partial charge is 0.227 e. The van der Waals surface area contributed by atoms with Gasteiger partial charge in [-0.3, -0.25) is 4.79 Å². The molecule has 0 radical (unpaired) electrons. The van der Waals surface area contributed by atoms with E-state index in [0.29, 0.717) is 11.1 Å². The quantitative estimate of drug-likeness (QED) is 0.514. The van der Waals surface area contributed by atoms with Crippen LogP contribution in [0.15, 0.2) is 71.8 Å². The van der Waals surface area contributed by atoms with Crippen LogP contribution in [0.5, 0.6) is 0 Å².